The molecule has 6 nitrogen and oxygen atoms in total. The average molecular weight is 387 g/mol. The number of para-hydroxylation sites is 1. The van der Waals surface area contributed by atoms with Gasteiger partial charge in [-0.3, -0.25) is 4.79 Å². The van der Waals surface area contributed by atoms with E-state index in [9.17, 15) is 9.59 Å². The monoisotopic (exact) mass is 387 g/mol. The molecule has 1 fully saturated rings. The van der Waals surface area contributed by atoms with Crippen molar-refractivity contribution >= 4 is 22.7 Å². The van der Waals surface area contributed by atoms with E-state index in [2.05, 4.69) is 9.30 Å². The van der Waals surface area contributed by atoms with Crippen molar-refractivity contribution in [2.24, 2.45) is 0 Å². The van der Waals surface area contributed by atoms with E-state index in [1.54, 1.807) is 6.20 Å². The van der Waals surface area contributed by atoms with Gasteiger partial charge >= 0.3 is 5.97 Å². The second kappa shape index (κ2) is 10.4. The molecule has 1 aromatic carbocycles. The third kappa shape index (κ3) is 5.20. The number of unbranched alkanes of at least 4 members (excludes halogenated alkanes) is 3. The number of ether oxygens (including phenoxy) is 3. The number of fused-ring (bicyclic) bond motifs is 1. The Bertz CT molecular complexity index is 791. The van der Waals surface area contributed by atoms with Crippen molar-refractivity contribution in [1.29, 1.82) is 0 Å². The minimum absolute atomic E-state index is 0.00856. The fourth-order valence-electron chi connectivity index (χ4n) is 3.61. The van der Waals surface area contributed by atoms with E-state index < -0.39 is 11.8 Å². The summed E-state index contributed by atoms with van der Waals surface area (Å²) in [5.74, 6) is -1.43. The highest BCUT2D eigenvalue weighted by molar-refractivity contribution is 6.42. The van der Waals surface area contributed by atoms with E-state index in [1.165, 1.54) is 13.5 Å². The fourth-order valence-corrected chi connectivity index (χ4v) is 3.61. The number of aryl methyl sites for hydroxylation is 1. The third-order valence-corrected chi connectivity index (χ3v) is 5.14. The molecule has 0 N–H and O–H groups in total. The van der Waals surface area contributed by atoms with Gasteiger partial charge in [-0.15, -0.1) is 0 Å². The van der Waals surface area contributed by atoms with E-state index in [-0.39, 0.29) is 6.29 Å². The molecule has 0 radical (unpaired) electrons. The number of hydrogen-bond acceptors (Lipinski definition) is 5. The van der Waals surface area contributed by atoms with E-state index in [0.29, 0.717) is 5.56 Å². The van der Waals surface area contributed by atoms with Crippen LogP contribution < -0.4 is 0 Å². The Morgan fingerprint density at radius 1 is 1.14 bits per heavy atom. The Kier molecular flexibility index (Phi) is 7.62. The maximum atomic E-state index is 12.3. The summed E-state index contributed by atoms with van der Waals surface area (Å²) in [6.45, 7) is 2.37. The van der Waals surface area contributed by atoms with Gasteiger partial charge in [0.05, 0.1) is 12.7 Å². The quantitative estimate of drug-likeness (QED) is 0.266. The second-order valence-corrected chi connectivity index (χ2v) is 7.16. The number of benzene rings is 1. The first-order valence-corrected chi connectivity index (χ1v) is 10.1. The largest absolute Gasteiger partial charge is 0.463 e. The zero-order chi connectivity index (χ0) is 19.8. The normalized spacial score (nSPS) is 17.0. The molecule has 152 valence electrons. The molecular weight excluding hydrogens is 358 g/mol. The predicted octanol–water partition coefficient (Wildman–Crippen LogP) is 4.10. The zero-order valence-corrected chi connectivity index (χ0v) is 16.5. The molecule has 0 amide bonds. The number of hydrogen-bond donors (Lipinski definition) is 0. The molecular formula is C22H29NO5. The van der Waals surface area contributed by atoms with Gasteiger partial charge in [-0.2, -0.15) is 0 Å². The first kappa shape index (κ1) is 20.6. The first-order chi connectivity index (χ1) is 13.7. The number of Topliss-reactive ketones (excluding diaryl/α,β-unsaturated/α-hetero) is 1. The van der Waals surface area contributed by atoms with Gasteiger partial charge < -0.3 is 18.8 Å². The molecule has 1 aliphatic heterocycles. The van der Waals surface area contributed by atoms with Crippen molar-refractivity contribution in [3.05, 3.63) is 36.0 Å². The van der Waals surface area contributed by atoms with Crippen molar-refractivity contribution in [3.63, 3.8) is 0 Å². The zero-order valence-electron chi connectivity index (χ0n) is 16.5. The number of ketones is 1. The molecule has 1 saturated heterocycles. The molecule has 0 spiro atoms. The van der Waals surface area contributed by atoms with Crippen molar-refractivity contribution in [2.45, 2.75) is 57.8 Å². The number of rotatable bonds is 10. The maximum absolute atomic E-state index is 12.3. The summed E-state index contributed by atoms with van der Waals surface area (Å²) in [4.78, 5) is 23.9. The summed E-state index contributed by atoms with van der Waals surface area (Å²) in [6, 6.07) is 7.65. The van der Waals surface area contributed by atoms with Crippen LogP contribution in [-0.2, 0) is 25.5 Å². The van der Waals surface area contributed by atoms with E-state index in [1.807, 2.05) is 24.3 Å². The van der Waals surface area contributed by atoms with Crippen LogP contribution in [0.5, 0.6) is 0 Å². The van der Waals surface area contributed by atoms with E-state index >= 15 is 0 Å². The van der Waals surface area contributed by atoms with Gasteiger partial charge in [0.1, 0.15) is 0 Å². The standard InChI is InChI=1S/C22H29NO5/c1-26-22(25)21(24)18-16-23(19-11-5-4-10-17(18)19)13-7-2-3-8-14-27-20-12-6-9-15-28-20/h4-5,10-11,16,20H,2-3,6-9,12-15H2,1H3. The number of carbonyl (C=O) groups excluding carboxylic acids is 2. The molecule has 2 heterocycles. The van der Waals surface area contributed by atoms with Crippen LogP contribution in [0.1, 0.15) is 55.3 Å². The van der Waals surface area contributed by atoms with Gasteiger partial charge in [-0.1, -0.05) is 31.0 Å². The Hall–Kier alpha value is -2.18. The molecule has 1 unspecified atom stereocenters. The van der Waals surface area contributed by atoms with Gasteiger partial charge in [0.2, 0.25) is 0 Å². The Balaban J connectivity index is 1.46. The molecule has 1 aromatic heterocycles. The number of aromatic nitrogens is 1. The number of nitrogens with zero attached hydrogens (tertiary/aromatic N) is 1. The lowest BCUT2D eigenvalue weighted by Crippen LogP contribution is -2.22. The maximum Gasteiger partial charge on any atom is 0.379 e. The van der Waals surface area contributed by atoms with Crippen LogP contribution in [-0.4, -0.2) is 42.9 Å². The van der Waals surface area contributed by atoms with Gasteiger partial charge in [0, 0.05) is 36.9 Å². The average Bonchev–Trinajstić information content (AvgIpc) is 3.11. The summed E-state index contributed by atoms with van der Waals surface area (Å²) < 4.78 is 18.0. The highest BCUT2D eigenvalue weighted by atomic mass is 16.7. The van der Waals surface area contributed by atoms with Crippen molar-refractivity contribution in [2.75, 3.05) is 20.3 Å². The molecule has 28 heavy (non-hydrogen) atoms. The second-order valence-electron chi connectivity index (χ2n) is 7.16. The van der Waals surface area contributed by atoms with Gasteiger partial charge in [-0.25, -0.2) is 4.79 Å². The lowest BCUT2D eigenvalue weighted by molar-refractivity contribution is -0.162. The summed E-state index contributed by atoms with van der Waals surface area (Å²) >= 11 is 0. The number of esters is 1. The van der Waals surface area contributed by atoms with Crippen molar-refractivity contribution < 1.29 is 23.8 Å². The first-order valence-electron chi connectivity index (χ1n) is 10.1. The van der Waals surface area contributed by atoms with Crippen molar-refractivity contribution in [1.82, 2.24) is 4.57 Å². The van der Waals surface area contributed by atoms with E-state index in [4.69, 9.17) is 9.47 Å². The summed E-state index contributed by atoms with van der Waals surface area (Å²) in [5, 5.41) is 0.791. The lowest BCUT2D eigenvalue weighted by Gasteiger charge is -2.22. The SMILES string of the molecule is COC(=O)C(=O)c1cn(CCCCCCOC2CCCCO2)c2ccccc12. The molecule has 3 rings (SSSR count). The molecule has 0 saturated carbocycles. The molecule has 1 atom stereocenters. The fraction of sp³-hybridized carbons (Fsp3) is 0.545. The lowest BCUT2D eigenvalue weighted by atomic mass is 10.1. The number of carbonyl (C=O) groups is 2. The Morgan fingerprint density at radius 2 is 1.96 bits per heavy atom. The predicted molar refractivity (Wildman–Crippen MR) is 106 cm³/mol. The molecule has 6 heteroatoms. The van der Waals surface area contributed by atoms with Gasteiger partial charge in [-0.05, 0) is 38.2 Å². The van der Waals surface area contributed by atoms with Crippen molar-refractivity contribution in [3.8, 4) is 0 Å². The molecule has 2 aromatic rings. The van der Waals surface area contributed by atoms with Gasteiger partial charge in [0.15, 0.2) is 6.29 Å². The van der Waals surface area contributed by atoms with Crippen LogP contribution in [0.3, 0.4) is 0 Å². The minimum atomic E-state index is -0.829. The third-order valence-electron chi connectivity index (χ3n) is 5.14. The summed E-state index contributed by atoms with van der Waals surface area (Å²) in [7, 11) is 1.23. The van der Waals surface area contributed by atoms with Crippen LogP contribution in [0.2, 0.25) is 0 Å². The summed E-state index contributed by atoms with van der Waals surface area (Å²) in [5.41, 5.74) is 1.37. The topological polar surface area (TPSA) is 66.8 Å². The van der Waals surface area contributed by atoms with Gasteiger partial charge in [0.25, 0.3) is 5.78 Å². The smallest absolute Gasteiger partial charge is 0.379 e. The van der Waals surface area contributed by atoms with Crippen LogP contribution >= 0.6 is 0 Å². The van der Waals surface area contributed by atoms with Crippen LogP contribution in [0.4, 0.5) is 0 Å². The van der Waals surface area contributed by atoms with E-state index in [0.717, 1.165) is 69.2 Å². The summed E-state index contributed by atoms with van der Waals surface area (Å²) in [6.07, 6.45) is 9.31. The molecule has 0 aliphatic carbocycles. The highest BCUT2D eigenvalue weighted by Crippen LogP contribution is 2.23. The molecule has 1 aliphatic rings. The molecule has 0 bridgehead atoms. The Morgan fingerprint density at radius 3 is 2.75 bits per heavy atom. The Labute approximate surface area is 165 Å². The van der Waals surface area contributed by atoms with Crippen LogP contribution in [0.15, 0.2) is 30.5 Å². The van der Waals surface area contributed by atoms with Crippen LogP contribution in [0.25, 0.3) is 10.9 Å². The highest BCUT2D eigenvalue weighted by Gasteiger charge is 2.21. The number of methoxy groups -OCH3 is 1. The minimum Gasteiger partial charge on any atom is -0.463 e. The van der Waals surface area contributed by atoms with Crippen LogP contribution in [0, 0.1) is 0 Å².